The zero-order chi connectivity index (χ0) is 23.1. The molecule has 4 rings (SSSR count). The molecule has 3 aromatic carbocycles. The molecule has 1 aliphatic rings. The Morgan fingerprint density at radius 1 is 0.781 bits per heavy atom. The second kappa shape index (κ2) is 8.68. The molecule has 0 radical (unpaired) electrons. The van der Waals surface area contributed by atoms with Gasteiger partial charge in [0.2, 0.25) is 10.0 Å². The van der Waals surface area contributed by atoms with E-state index >= 15 is 0 Å². The number of nitrogens with zero attached hydrogens (tertiary/aromatic N) is 1. The topological polar surface area (TPSA) is 80.8 Å². The molecular formula is C22H19Cl2NO5S2. The highest BCUT2D eigenvalue weighted by Crippen LogP contribution is 2.32. The van der Waals surface area contributed by atoms with Crippen molar-refractivity contribution in [1.82, 2.24) is 4.31 Å². The molecule has 168 valence electrons. The minimum absolute atomic E-state index is 0.0923. The molecule has 0 spiro atoms. The van der Waals surface area contributed by atoms with Crippen LogP contribution in [0.15, 0.2) is 76.5 Å². The van der Waals surface area contributed by atoms with Gasteiger partial charge in [0.25, 0.3) is 0 Å². The summed E-state index contributed by atoms with van der Waals surface area (Å²) in [5.41, 5.74) is 1.53. The van der Waals surface area contributed by atoms with Crippen molar-refractivity contribution in [2.24, 2.45) is 0 Å². The molecule has 0 aromatic heterocycles. The van der Waals surface area contributed by atoms with E-state index in [2.05, 4.69) is 0 Å². The van der Waals surface area contributed by atoms with Crippen LogP contribution in [0.2, 0.25) is 10.0 Å². The molecule has 6 nitrogen and oxygen atoms in total. The molecule has 1 aliphatic heterocycles. The number of hydrogen-bond acceptors (Lipinski definition) is 5. The lowest BCUT2D eigenvalue weighted by Gasteiger charge is -2.37. The highest BCUT2D eigenvalue weighted by molar-refractivity contribution is 7.92. The van der Waals surface area contributed by atoms with E-state index < -0.39 is 25.1 Å². The molecule has 0 saturated carbocycles. The largest absolute Gasteiger partial charge is 0.497 e. The second-order valence-electron chi connectivity index (χ2n) is 7.35. The van der Waals surface area contributed by atoms with Gasteiger partial charge in [0.15, 0.2) is 9.84 Å². The number of rotatable bonds is 6. The summed E-state index contributed by atoms with van der Waals surface area (Å²) < 4.78 is 57.7. The van der Waals surface area contributed by atoms with Gasteiger partial charge < -0.3 is 4.74 Å². The first-order valence-electron chi connectivity index (χ1n) is 9.56. The van der Waals surface area contributed by atoms with E-state index in [1.165, 1.54) is 35.7 Å². The molecule has 10 heteroatoms. The van der Waals surface area contributed by atoms with E-state index in [0.29, 0.717) is 15.8 Å². The molecule has 0 unspecified atom stereocenters. The summed E-state index contributed by atoms with van der Waals surface area (Å²) in [6.45, 7) is -0.190. The monoisotopic (exact) mass is 511 g/mol. The van der Waals surface area contributed by atoms with Crippen molar-refractivity contribution in [2.75, 3.05) is 20.2 Å². The van der Waals surface area contributed by atoms with Crippen molar-refractivity contribution in [3.05, 3.63) is 76.8 Å². The third kappa shape index (κ3) is 4.38. The van der Waals surface area contributed by atoms with Crippen molar-refractivity contribution in [1.29, 1.82) is 0 Å². The van der Waals surface area contributed by atoms with E-state index in [1.807, 2.05) is 0 Å². The van der Waals surface area contributed by atoms with Crippen LogP contribution in [0.1, 0.15) is 0 Å². The number of hydrogen-bond donors (Lipinski definition) is 0. The van der Waals surface area contributed by atoms with Crippen LogP contribution in [0.25, 0.3) is 11.1 Å². The Balaban J connectivity index is 1.49. The van der Waals surface area contributed by atoms with Gasteiger partial charge in [0.1, 0.15) is 5.75 Å². The first-order chi connectivity index (χ1) is 15.1. The summed E-state index contributed by atoms with van der Waals surface area (Å²) in [7, 11) is -5.95. The minimum atomic E-state index is -3.81. The van der Waals surface area contributed by atoms with Crippen molar-refractivity contribution in [3.8, 4) is 16.9 Å². The average Bonchev–Trinajstić information content (AvgIpc) is 2.71. The summed E-state index contributed by atoms with van der Waals surface area (Å²) in [5, 5.41) is 0.168. The molecular weight excluding hydrogens is 493 g/mol. The molecule has 32 heavy (non-hydrogen) atoms. The van der Waals surface area contributed by atoms with Gasteiger partial charge in [-0.05, 0) is 65.7 Å². The lowest BCUT2D eigenvalue weighted by molar-refractivity contribution is 0.309. The quantitative estimate of drug-likeness (QED) is 0.486. The first kappa shape index (κ1) is 23.1. The third-order valence-corrected chi connectivity index (χ3v) is 9.72. The molecule has 0 aliphatic carbocycles. The Morgan fingerprint density at radius 3 is 1.84 bits per heavy atom. The number of methoxy groups -OCH3 is 1. The molecule has 1 saturated heterocycles. The molecule has 0 N–H and O–H groups in total. The van der Waals surface area contributed by atoms with Crippen LogP contribution in [0.4, 0.5) is 0 Å². The van der Waals surface area contributed by atoms with Crippen LogP contribution in [0.5, 0.6) is 5.75 Å². The maximum absolute atomic E-state index is 12.9. The zero-order valence-electron chi connectivity index (χ0n) is 16.9. The Bertz CT molecular complexity index is 1330. The fourth-order valence-electron chi connectivity index (χ4n) is 3.44. The number of benzene rings is 3. The van der Waals surface area contributed by atoms with E-state index in [1.54, 1.807) is 42.5 Å². The van der Waals surface area contributed by atoms with Gasteiger partial charge in [-0.2, -0.15) is 4.31 Å². The van der Waals surface area contributed by atoms with Crippen molar-refractivity contribution in [2.45, 2.75) is 15.0 Å². The van der Waals surface area contributed by atoms with E-state index in [9.17, 15) is 16.8 Å². The summed E-state index contributed by atoms with van der Waals surface area (Å²) in [6, 6.07) is 17.5. The van der Waals surface area contributed by atoms with Crippen LogP contribution >= 0.6 is 23.2 Å². The Labute approximate surface area is 197 Å². The average molecular weight is 512 g/mol. The van der Waals surface area contributed by atoms with E-state index in [-0.39, 0.29) is 22.9 Å². The summed E-state index contributed by atoms with van der Waals surface area (Å²) in [5.74, 6) is 0.547. The van der Waals surface area contributed by atoms with E-state index in [0.717, 1.165) is 11.1 Å². The normalized spacial score (nSPS) is 15.3. The summed E-state index contributed by atoms with van der Waals surface area (Å²) >= 11 is 12.1. The highest BCUT2D eigenvalue weighted by atomic mass is 35.5. The van der Waals surface area contributed by atoms with Crippen LogP contribution in [-0.4, -0.2) is 46.6 Å². The zero-order valence-corrected chi connectivity index (χ0v) is 20.0. The molecule has 0 atom stereocenters. The van der Waals surface area contributed by atoms with Crippen LogP contribution in [-0.2, 0) is 19.9 Å². The molecule has 3 aromatic rings. The predicted octanol–water partition coefficient (Wildman–Crippen LogP) is 4.52. The van der Waals surface area contributed by atoms with Crippen LogP contribution in [0, 0.1) is 0 Å². The molecule has 0 bridgehead atoms. The third-order valence-electron chi connectivity index (χ3n) is 5.33. The summed E-state index contributed by atoms with van der Waals surface area (Å²) in [4.78, 5) is 0.236. The first-order valence-corrected chi connectivity index (χ1v) is 13.3. The SMILES string of the molecule is COc1ccc(S(=O)(=O)C2CN(S(=O)(=O)c3ccc(-c4cc(Cl)cc(Cl)c4)cc3)C2)cc1. The van der Waals surface area contributed by atoms with Crippen LogP contribution < -0.4 is 4.74 Å². The standard InChI is InChI=1S/C22H19Cl2NO5S2/c1-30-19-4-8-20(9-5-19)31(26,27)22-13-25(14-22)32(28,29)21-6-2-15(3-7-21)16-10-17(23)12-18(24)11-16/h2-12,22H,13-14H2,1H3. The predicted molar refractivity (Wildman–Crippen MR) is 125 cm³/mol. The van der Waals surface area contributed by atoms with E-state index in [4.69, 9.17) is 27.9 Å². The van der Waals surface area contributed by atoms with Crippen molar-refractivity contribution >= 4 is 43.1 Å². The maximum Gasteiger partial charge on any atom is 0.243 e. The number of sulfone groups is 1. The van der Waals surface area contributed by atoms with Crippen molar-refractivity contribution in [3.63, 3.8) is 0 Å². The Kier molecular flexibility index (Phi) is 6.26. The lowest BCUT2D eigenvalue weighted by Crippen LogP contribution is -2.56. The van der Waals surface area contributed by atoms with Gasteiger partial charge in [-0.1, -0.05) is 35.3 Å². The number of halogens is 2. The highest BCUT2D eigenvalue weighted by Gasteiger charge is 2.44. The van der Waals surface area contributed by atoms with Gasteiger partial charge in [0, 0.05) is 23.1 Å². The smallest absolute Gasteiger partial charge is 0.243 e. The van der Waals surface area contributed by atoms with Gasteiger partial charge in [-0.3, -0.25) is 0 Å². The molecule has 0 amide bonds. The number of sulfonamides is 1. The Hall–Kier alpha value is -2.10. The summed E-state index contributed by atoms with van der Waals surface area (Å²) in [6.07, 6.45) is 0. The van der Waals surface area contributed by atoms with Crippen LogP contribution in [0.3, 0.4) is 0 Å². The van der Waals surface area contributed by atoms with Gasteiger partial charge >= 0.3 is 0 Å². The van der Waals surface area contributed by atoms with Gasteiger partial charge in [-0.15, -0.1) is 0 Å². The molecule has 1 heterocycles. The Morgan fingerprint density at radius 2 is 1.31 bits per heavy atom. The second-order valence-corrected chi connectivity index (χ2v) is 12.4. The fourth-order valence-corrected chi connectivity index (χ4v) is 7.34. The van der Waals surface area contributed by atoms with Gasteiger partial charge in [-0.25, -0.2) is 16.8 Å². The molecule has 1 fully saturated rings. The fraction of sp³-hybridized carbons (Fsp3) is 0.182. The van der Waals surface area contributed by atoms with Crippen molar-refractivity contribution < 1.29 is 21.6 Å². The minimum Gasteiger partial charge on any atom is -0.497 e. The maximum atomic E-state index is 12.9. The lowest BCUT2D eigenvalue weighted by atomic mass is 10.1. The van der Waals surface area contributed by atoms with Gasteiger partial charge in [0.05, 0.1) is 22.2 Å². The number of ether oxygens (including phenoxy) is 1.